The fourth-order valence-electron chi connectivity index (χ4n) is 3.05. The van der Waals surface area contributed by atoms with Crippen LogP contribution in [0.15, 0.2) is 22.4 Å². The van der Waals surface area contributed by atoms with Crippen molar-refractivity contribution in [2.75, 3.05) is 18.0 Å². The molecule has 0 aromatic carbocycles. The maximum absolute atomic E-state index is 5.99. The predicted molar refractivity (Wildman–Crippen MR) is 101 cm³/mol. The highest BCUT2D eigenvalue weighted by Gasteiger charge is 2.26. The molecule has 0 N–H and O–H groups in total. The molecular formula is C17H23BrN4OS. The molecule has 24 heavy (non-hydrogen) atoms. The minimum Gasteiger partial charge on any atom is -0.467 e. The number of ether oxygens (including phenoxy) is 1. The Morgan fingerprint density at radius 1 is 1.25 bits per heavy atom. The molecule has 0 amide bonds. The number of aromatic nitrogens is 3. The molecule has 0 bridgehead atoms. The van der Waals surface area contributed by atoms with E-state index in [0.717, 1.165) is 53.7 Å². The van der Waals surface area contributed by atoms with E-state index in [9.17, 15) is 0 Å². The lowest BCUT2D eigenvalue weighted by atomic mass is 9.92. The van der Waals surface area contributed by atoms with E-state index in [0.29, 0.717) is 5.92 Å². The van der Waals surface area contributed by atoms with Crippen molar-refractivity contribution in [3.8, 4) is 5.19 Å². The van der Waals surface area contributed by atoms with Crippen LogP contribution >= 0.6 is 27.3 Å². The SMILES string of the molecule is CCCc1cnc(N2CCC(C(C)Oc3ncc(Br)s3)CC2)nc1. The molecule has 1 fully saturated rings. The van der Waals surface area contributed by atoms with Gasteiger partial charge in [0.2, 0.25) is 5.95 Å². The molecule has 1 aliphatic rings. The van der Waals surface area contributed by atoms with Gasteiger partial charge in [-0.2, -0.15) is 0 Å². The normalized spacial score (nSPS) is 17.0. The smallest absolute Gasteiger partial charge is 0.274 e. The minimum atomic E-state index is 0.179. The van der Waals surface area contributed by atoms with Gasteiger partial charge in [0.25, 0.3) is 5.19 Å². The quantitative estimate of drug-likeness (QED) is 0.708. The summed E-state index contributed by atoms with van der Waals surface area (Å²) in [4.78, 5) is 15.6. The average Bonchev–Trinajstić information content (AvgIpc) is 3.01. The third-order valence-corrected chi connectivity index (χ3v) is 5.83. The number of thiazole rings is 1. The van der Waals surface area contributed by atoms with Crippen LogP contribution in [-0.2, 0) is 6.42 Å². The van der Waals surface area contributed by atoms with E-state index in [1.165, 1.54) is 16.9 Å². The van der Waals surface area contributed by atoms with Crippen LogP contribution in [0.2, 0.25) is 0 Å². The molecule has 130 valence electrons. The molecule has 1 aliphatic heterocycles. The number of rotatable bonds is 6. The molecule has 1 unspecified atom stereocenters. The molecule has 3 rings (SSSR count). The lowest BCUT2D eigenvalue weighted by Gasteiger charge is -2.34. The maximum atomic E-state index is 5.99. The van der Waals surface area contributed by atoms with Gasteiger partial charge in [-0.05, 0) is 53.6 Å². The number of hydrogen-bond acceptors (Lipinski definition) is 6. The first-order valence-corrected chi connectivity index (χ1v) is 10.1. The molecule has 7 heteroatoms. The van der Waals surface area contributed by atoms with Crippen molar-refractivity contribution >= 4 is 33.2 Å². The van der Waals surface area contributed by atoms with E-state index in [1.807, 2.05) is 12.4 Å². The Morgan fingerprint density at radius 2 is 1.96 bits per heavy atom. The molecule has 3 heterocycles. The largest absolute Gasteiger partial charge is 0.467 e. The molecule has 0 radical (unpaired) electrons. The zero-order valence-electron chi connectivity index (χ0n) is 14.1. The molecule has 0 aliphatic carbocycles. The summed E-state index contributed by atoms with van der Waals surface area (Å²) in [7, 11) is 0. The molecule has 2 aromatic rings. The van der Waals surface area contributed by atoms with Gasteiger partial charge in [0, 0.05) is 25.5 Å². The van der Waals surface area contributed by atoms with Crippen molar-refractivity contribution in [1.82, 2.24) is 15.0 Å². The zero-order valence-corrected chi connectivity index (χ0v) is 16.5. The Hall–Kier alpha value is -1.21. The second-order valence-electron chi connectivity index (χ2n) is 6.22. The summed E-state index contributed by atoms with van der Waals surface area (Å²) >= 11 is 4.96. The van der Waals surface area contributed by atoms with Crippen LogP contribution in [0.5, 0.6) is 5.19 Å². The fourth-order valence-corrected chi connectivity index (χ4v) is 4.14. The van der Waals surface area contributed by atoms with Crippen LogP contribution in [0.3, 0.4) is 0 Å². The van der Waals surface area contributed by atoms with Gasteiger partial charge in [-0.25, -0.2) is 15.0 Å². The molecule has 0 saturated carbocycles. The number of nitrogens with zero attached hydrogens (tertiary/aromatic N) is 4. The molecule has 1 atom stereocenters. The standard InChI is InChI=1S/C17H23BrN4OS/c1-3-4-13-9-19-16(20-10-13)22-7-5-14(6-8-22)12(2)23-17-21-11-15(18)24-17/h9-12,14H,3-8H2,1-2H3. The summed E-state index contributed by atoms with van der Waals surface area (Å²) < 4.78 is 6.99. The highest BCUT2D eigenvalue weighted by molar-refractivity contribution is 9.11. The Balaban J connectivity index is 1.51. The van der Waals surface area contributed by atoms with Crippen molar-refractivity contribution in [2.24, 2.45) is 5.92 Å². The van der Waals surface area contributed by atoms with Gasteiger partial charge >= 0.3 is 0 Å². The van der Waals surface area contributed by atoms with E-state index in [1.54, 1.807) is 6.20 Å². The highest BCUT2D eigenvalue weighted by Crippen LogP contribution is 2.30. The summed E-state index contributed by atoms with van der Waals surface area (Å²) in [6.45, 7) is 6.28. The average molecular weight is 411 g/mol. The fraction of sp³-hybridized carbons (Fsp3) is 0.588. The Labute approximate surface area is 155 Å². The van der Waals surface area contributed by atoms with E-state index >= 15 is 0 Å². The molecule has 1 saturated heterocycles. The van der Waals surface area contributed by atoms with Crippen molar-refractivity contribution in [1.29, 1.82) is 0 Å². The van der Waals surface area contributed by atoms with Gasteiger partial charge in [-0.1, -0.05) is 24.7 Å². The van der Waals surface area contributed by atoms with E-state index in [2.05, 4.69) is 49.6 Å². The van der Waals surface area contributed by atoms with Crippen LogP contribution in [0.4, 0.5) is 5.95 Å². The Bertz CT molecular complexity index is 640. The summed E-state index contributed by atoms with van der Waals surface area (Å²) in [5.41, 5.74) is 1.22. The first-order chi connectivity index (χ1) is 11.7. The molecular weight excluding hydrogens is 388 g/mol. The van der Waals surface area contributed by atoms with Crippen LogP contribution in [0, 0.1) is 5.92 Å². The van der Waals surface area contributed by atoms with E-state index in [4.69, 9.17) is 4.74 Å². The second-order valence-corrected chi connectivity index (χ2v) is 8.59. The predicted octanol–water partition coefficient (Wildman–Crippen LogP) is 4.33. The lowest BCUT2D eigenvalue weighted by Crippen LogP contribution is -2.39. The third-order valence-electron chi connectivity index (χ3n) is 4.46. The number of anilines is 1. The minimum absolute atomic E-state index is 0.179. The number of halogens is 1. The van der Waals surface area contributed by atoms with Gasteiger partial charge < -0.3 is 9.64 Å². The number of aryl methyl sites for hydroxylation is 1. The summed E-state index contributed by atoms with van der Waals surface area (Å²) in [6, 6.07) is 0. The topological polar surface area (TPSA) is 51.1 Å². The third kappa shape index (κ3) is 4.45. The van der Waals surface area contributed by atoms with Gasteiger partial charge in [-0.3, -0.25) is 0 Å². The van der Waals surface area contributed by atoms with Crippen LogP contribution in [-0.4, -0.2) is 34.1 Å². The number of piperidine rings is 1. The summed E-state index contributed by atoms with van der Waals surface area (Å²) in [6.07, 6.45) is 10.2. The van der Waals surface area contributed by atoms with Crippen LogP contribution < -0.4 is 9.64 Å². The number of hydrogen-bond donors (Lipinski definition) is 0. The monoisotopic (exact) mass is 410 g/mol. The Morgan fingerprint density at radius 3 is 2.54 bits per heavy atom. The Kier molecular flexibility index (Phi) is 6.05. The zero-order chi connectivity index (χ0) is 16.9. The first kappa shape index (κ1) is 17.6. The van der Waals surface area contributed by atoms with Crippen molar-refractivity contribution < 1.29 is 4.74 Å². The van der Waals surface area contributed by atoms with E-state index in [-0.39, 0.29) is 6.10 Å². The summed E-state index contributed by atoms with van der Waals surface area (Å²) in [5, 5.41) is 0.742. The maximum Gasteiger partial charge on any atom is 0.274 e. The van der Waals surface area contributed by atoms with Crippen molar-refractivity contribution in [3.05, 3.63) is 27.9 Å². The second kappa shape index (κ2) is 8.25. The lowest BCUT2D eigenvalue weighted by molar-refractivity contribution is 0.132. The van der Waals surface area contributed by atoms with Gasteiger partial charge in [-0.15, -0.1) is 0 Å². The van der Waals surface area contributed by atoms with Crippen LogP contribution in [0.25, 0.3) is 0 Å². The van der Waals surface area contributed by atoms with Gasteiger partial charge in [0.1, 0.15) is 6.10 Å². The van der Waals surface area contributed by atoms with Gasteiger partial charge in [0.15, 0.2) is 0 Å². The summed E-state index contributed by atoms with van der Waals surface area (Å²) in [5.74, 6) is 1.40. The molecule has 2 aromatic heterocycles. The van der Waals surface area contributed by atoms with Crippen molar-refractivity contribution in [3.63, 3.8) is 0 Å². The molecule has 0 spiro atoms. The van der Waals surface area contributed by atoms with Crippen LogP contribution in [0.1, 0.15) is 38.7 Å². The van der Waals surface area contributed by atoms with Gasteiger partial charge in [0.05, 0.1) is 9.98 Å². The molecule has 5 nitrogen and oxygen atoms in total. The van der Waals surface area contributed by atoms with E-state index < -0.39 is 0 Å². The highest BCUT2D eigenvalue weighted by atomic mass is 79.9. The first-order valence-electron chi connectivity index (χ1n) is 8.49. The van der Waals surface area contributed by atoms with Crippen molar-refractivity contribution in [2.45, 2.75) is 45.6 Å².